The number of fused-ring (bicyclic) bond motifs is 2. The van der Waals surface area contributed by atoms with Crippen LogP contribution < -0.4 is 9.47 Å². The van der Waals surface area contributed by atoms with E-state index in [1.807, 2.05) is 19.1 Å². The van der Waals surface area contributed by atoms with Gasteiger partial charge in [0.1, 0.15) is 18.2 Å². The van der Waals surface area contributed by atoms with E-state index in [1.54, 1.807) is 24.3 Å². The summed E-state index contributed by atoms with van der Waals surface area (Å²) in [7, 11) is 0. The van der Waals surface area contributed by atoms with Gasteiger partial charge in [-0.15, -0.1) is 0 Å². The second kappa shape index (κ2) is 9.22. The number of allylic oxidation sites excluding steroid dienone is 1. The molecule has 2 heterocycles. The second-order valence-electron chi connectivity index (χ2n) is 8.39. The molecule has 0 fully saturated rings. The first-order valence-corrected chi connectivity index (χ1v) is 11.7. The van der Waals surface area contributed by atoms with Gasteiger partial charge in [-0.1, -0.05) is 59.6 Å². The van der Waals surface area contributed by atoms with E-state index in [9.17, 15) is 4.79 Å². The molecule has 0 atom stereocenters. The molecular weight excluding hydrogens is 457 g/mol. The molecule has 0 N–H and O–H groups in total. The molecule has 33 heavy (non-hydrogen) atoms. The number of aryl methyl sites for hydroxylation is 1. The lowest BCUT2D eigenvalue weighted by molar-refractivity contribution is 0.0932. The third-order valence-corrected chi connectivity index (χ3v) is 6.76. The fraction of sp³-hybridized carbons (Fsp3) is 0.222. The Labute approximate surface area is 203 Å². The summed E-state index contributed by atoms with van der Waals surface area (Å²) in [4.78, 5) is 15.4. The van der Waals surface area contributed by atoms with Crippen LogP contribution in [0.4, 0.5) is 0 Å². The number of rotatable bonds is 5. The number of hydrogen-bond acceptors (Lipinski definition) is 4. The Hall–Kier alpha value is -2.79. The number of nitrogens with zero attached hydrogens (tertiary/aromatic N) is 1. The monoisotopic (exact) mass is 479 g/mol. The maximum atomic E-state index is 13.1. The van der Waals surface area contributed by atoms with Gasteiger partial charge in [-0.25, -0.2) is 0 Å². The number of ether oxygens (including phenoxy) is 2. The maximum Gasteiger partial charge on any atom is 0.231 e. The van der Waals surface area contributed by atoms with Crippen LogP contribution in [0.25, 0.3) is 6.08 Å². The Bertz CT molecular complexity index is 1250. The Morgan fingerprint density at radius 2 is 1.85 bits per heavy atom. The first kappa shape index (κ1) is 22.0. The zero-order valence-corrected chi connectivity index (χ0v) is 19.7. The van der Waals surface area contributed by atoms with E-state index in [0.29, 0.717) is 28.1 Å². The van der Waals surface area contributed by atoms with Crippen LogP contribution in [-0.4, -0.2) is 24.0 Å². The van der Waals surface area contributed by atoms with Gasteiger partial charge in [-0.05, 0) is 55.2 Å². The lowest BCUT2D eigenvalue weighted by Gasteiger charge is -2.30. The molecule has 168 valence electrons. The topological polar surface area (TPSA) is 38.8 Å². The van der Waals surface area contributed by atoms with Crippen molar-refractivity contribution in [1.29, 1.82) is 0 Å². The highest BCUT2D eigenvalue weighted by Gasteiger charge is 2.33. The highest BCUT2D eigenvalue weighted by atomic mass is 35.5. The number of benzene rings is 3. The van der Waals surface area contributed by atoms with E-state index in [-0.39, 0.29) is 11.5 Å². The molecule has 0 saturated heterocycles. The molecule has 5 rings (SSSR count). The van der Waals surface area contributed by atoms with Gasteiger partial charge in [0, 0.05) is 24.2 Å². The van der Waals surface area contributed by atoms with Gasteiger partial charge in [-0.3, -0.25) is 9.69 Å². The van der Waals surface area contributed by atoms with Crippen molar-refractivity contribution in [3.05, 3.63) is 98.2 Å². The van der Waals surface area contributed by atoms with Gasteiger partial charge in [-0.2, -0.15) is 0 Å². The van der Waals surface area contributed by atoms with E-state index in [4.69, 9.17) is 32.7 Å². The smallest absolute Gasteiger partial charge is 0.231 e. The van der Waals surface area contributed by atoms with E-state index in [2.05, 4.69) is 29.2 Å². The third kappa shape index (κ3) is 4.51. The summed E-state index contributed by atoms with van der Waals surface area (Å²) >= 11 is 12.1. The van der Waals surface area contributed by atoms with Crippen molar-refractivity contribution in [3.63, 3.8) is 0 Å². The van der Waals surface area contributed by atoms with Crippen molar-refractivity contribution < 1.29 is 14.3 Å². The molecular formula is C27H23Cl2NO3. The van der Waals surface area contributed by atoms with Crippen LogP contribution >= 0.6 is 23.2 Å². The Balaban J connectivity index is 1.32. The van der Waals surface area contributed by atoms with Crippen molar-refractivity contribution in [2.45, 2.75) is 26.3 Å². The number of hydrogen-bond donors (Lipinski definition) is 0. The molecule has 2 aliphatic rings. The zero-order chi connectivity index (χ0) is 22.9. The molecule has 3 aromatic carbocycles. The Morgan fingerprint density at radius 3 is 2.64 bits per heavy atom. The Morgan fingerprint density at radius 1 is 1.03 bits per heavy atom. The molecule has 0 radical (unpaired) electrons. The van der Waals surface area contributed by atoms with E-state index < -0.39 is 0 Å². The minimum Gasteiger partial charge on any atom is -0.477 e. The second-order valence-corrected chi connectivity index (χ2v) is 9.21. The van der Waals surface area contributed by atoms with Crippen LogP contribution in [0, 0.1) is 6.92 Å². The molecule has 0 aliphatic carbocycles. The number of Topliss-reactive ketones (excluding diaryl/α,β-unsaturated/α-hetero) is 1. The summed E-state index contributed by atoms with van der Waals surface area (Å²) < 4.78 is 12.1. The lowest BCUT2D eigenvalue weighted by atomic mass is 10.00. The highest BCUT2D eigenvalue weighted by molar-refractivity contribution is 6.42. The molecule has 0 aromatic heterocycles. The quantitative estimate of drug-likeness (QED) is 0.381. The summed E-state index contributed by atoms with van der Waals surface area (Å²) in [6.45, 7) is 4.15. The predicted octanol–water partition coefficient (Wildman–Crippen LogP) is 6.70. The van der Waals surface area contributed by atoms with Crippen molar-refractivity contribution >= 4 is 35.1 Å². The molecule has 6 heteroatoms. The van der Waals surface area contributed by atoms with Gasteiger partial charge in [0.15, 0.2) is 5.76 Å². The van der Waals surface area contributed by atoms with Crippen molar-refractivity contribution in [2.75, 3.05) is 13.3 Å². The summed E-state index contributed by atoms with van der Waals surface area (Å²) in [5.41, 5.74) is 4.55. The number of halogens is 2. The van der Waals surface area contributed by atoms with Crippen molar-refractivity contribution in [1.82, 2.24) is 4.90 Å². The van der Waals surface area contributed by atoms with Crippen LogP contribution in [0.3, 0.4) is 0 Å². The molecule has 0 bridgehead atoms. The summed E-state index contributed by atoms with van der Waals surface area (Å²) in [6.07, 6.45) is 3.77. The molecule has 0 amide bonds. The van der Waals surface area contributed by atoms with E-state index >= 15 is 0 Å². The number of carbonyl (C=O) groups is 1. The van der Waals surface area contributed by atoms with Crippen LogP contribution in [-0.2, 0) is 13.0 Å². The summed E-state index contributed by atoms with van der Waals surface area (Å²) in [6, 6.07) is 17.6. The third-order valence-electron chi connectivity index (χ3n) is 6.03. The molecule has 2 aliphatic heterocycles. The van der Waals surface area contributed by atoms with Crippen LogP contribution in [0.5, 0.6) is 11.5 Å². The molecule has 0 saturated carbocycles. The van der Waals surface area contributed by atoms with Crippen LogP contribution in [0.1, 0.15) is 39.0 Å². The van der Waals surface area contributed by atoms with Gasteiger partial charge in [0.2, 0.25) is 5.78 Å². The minimum atomic E-state index is -0.136. The normalized spacial score (nSPS) is 16.3. The van der Waals surface area contributed by atoms with E-state index in [1.165, 1.54) is 5.56 Å². The standard InChI is InChI=1S/C27H23Cl2NO3/c1-17-26-20(15-30(16-32-26)11-5-8-18-6-3-2-4-7-18)14-21-25(31)24(33-27(17)21)13-19-9-10-22(28)23(29)12-19/h2-4,6-7,9-10,12-14H,5,8,11,15-16H2,1H3/b24-13-. The summed E-state index contributed by atoms with van der Waals surface area (Å²) in [5.74, 6) is 1.52. The van der Waals surface area contributed by atoms with Crippen LogP contribution in [0.15, 0.2) is 60.4 Å². The zero-order valence-electron chi connectivity index (χ0n) is 18.2. The van der Waals surface area contributed by atoms with Crippen molar-refractivity contribution in [2.24, 2.45) is 0 Å². The van der Waals surface area contributed by atoms with E-state index in [0.717, 1.165) is 48.4 Å². The number of ketones is 1. The molecule has 4 nitrogen and oxygen atoms in total. The lowest BCUT2D eigenvalue weighted by Crippen LogP contribution is -2.33. The molecule has 0 unspecified atom stereocenters. The van der Waals surface area contributed by atoms with Gasteiger partial charge in [0.05, 0.1) is 15.6 Å². The summed E-state index contributed by atoms with van der Waals surface area (Å²) in [5, 5.41) is 0.899. The average molecular weight is 480 g/mol. The first-order chi connectivity index (χ1) is 16.0. The van der Waals surface area contributed by atoms with Gasteiger partial charge >= 0.3 is 0 Å². The number of carbonyl (C=O) groups excluding carboxylic acids is 1. The fourth-order valence-electron chi connectivity index (χ4n) is 4.34. The average Bonchev–Trinajstić information content (AvgIpc) is 3.12. The van der Waals surface area contributed by atoms with Gasteiger partial charge in [0.25, 0.3) is 0 Å². The SMILES string of the molecule is Cc1c2c(cc3c1O/C(=C\c1ccc(Cl)c(Cl)c1)C3=O)CN(CCCc1ccccc1)CO2. The molecule has 0 spiro atoms. The molecule has 3 aromatic rings. The Kier molecular flexibility index (Phi) is 6.15. The van der Waals surface area contributed by atoms with Crippen LogP contribution in [0.2, 0.25) is 10.0 Å². The largest absolute Gasteiger partial charge is 0.477 e. The van der Waals surface area contributed by atoms with Crippen molar-refractivity contribution in [3.8, 4) is 11.5 Å². The highest BCUT2D eigenvalue weighted by Crippen LogP contribution is 2.43. The predicted molar refractivity (Wildman–Crippen MR) is 131 cm³/mol. The minimum absolute atomic E-state index is 0.136. The van der Waals surface area contributed by atoms with Gasteiger partial charge < -0.3 is 9.47 Å². The first-order valence-electron chi connectivity index (χ1n) is 10.9. The fourth-order valence-corrected chi connectivity index (χ4v) is 4.65. The maximum absolute atomic E-state index is 13.1.